The van der Waals surface area contributed by atoms with Crippen molar-refractivity contribution in [2.24, 2.45) is 0 Å². The number of hydrogen-bond acceptors (Lipinski definition) is 4. The maximum absolute atomic E-state index is 11.2. The highest BCUT2D eigenvalue weighted by atomic mass is 16.6. The molecule has 0 saturated heterocycles. The first kappa shape index (κ1) is 12.8. The van der Waals surface area contributed by atoms with E-state index in [0.29, 0.717) is 10.4 Å². The summed E-state index contributed by atoms with van der Waals surface area (Å²) in [7, 11) is 0. The second kappa shape index (κ2) is 5.34. The van der Waals surface area contributed by atoms with E-state index in [1.165, 1.54) is 11.6 Å². The smallest absolute Gasteiger partial charge is 0.304 e. The summed E-state index contributed by atoms with van der Waals surface area (Å²) in [5.41, 5.74) is 1.91. The number of aryl methyl sites for hydroxylation is 1. The van der Waals surface area contributed by atoms with Crippen LogP contribution in [0.4, 0.5) is 17.1 Å². The van der Waals surface area contributed by atoms with Crippen molar-refractivity contribution in [3.63, 3.8) is 0 Å². The highest BCUT2D eigenvalue weighted by molar-refractivity contribution is 5.67. The van der Waals surface area contributed by atoms with Crippen molar-refractivity contribution in [2.45, 2.75) is 13.3 Å². The molecule has 2 aromatic rings. The molecule has 0 bridgehead atoms. The molecule has 0 atom stereocenters. The maximum Gasteiger partial charge on any atom is 0.304 e. The summed E-state index contributed by atoms with van der Waals surface area (Å²) in [5.74, 6) is 0. The van der Waals surface area contributed by atoms with E-state index in [1.807, 2.05) is 31.2 Å². The average Bonchev–Trinajstić information content (AvgIpc) is 2.39. The number of nitrogens with one attached hydrogen (secondary N) is 1. The van der Waals surface area contributed by atoms with Crippen molar-refractivity contribution < 1.29 is 9.65 Å². The number of nitro groups is 1. The number of rotatable bonds is 4. The summed E-state index contributed by atoms with van der Waals surface area (Å²) in [4.78, 5) is 10.4. The van der Waals surface area contributed by atoms with E-state index in [1.54, 1.807) is 0 Å². The van der Waals surface area contributed by atoms with E-state index in [9.17, 15) is 15.3 Å². The van der Waals surface area contributed by atoms with Gasteiger partial charge in [-0.05, 0) is 24.1 Å². The Morgan fingerprint density at radius 3 is 2.53 bits per heavy atom. The lowest BCUT2D eigenvalue weighted by atomic mass is 10.1. The summed E-state index contributed by atoms with van der Waals surface area (Å²) < 4.78 is 0.524. The Morgan fingerprint density at radius 1 is 1.26 bits per heavy atom. The summed E-state index contributed by atoms with van der Waals surface area (Å²) in [6.45, 7) is 2.05. The fourth-order valence-corrected chi connectivity index (χ4v) is 1.71. The number of benzene rings is 1. The Labute approximate surface area is 110 Å². The van der Waals surface area contributed by atoms with Crippen LogP contribution in [0.25, 0.3) is 0 Å². The molecule has 0 aliphatic rings. The fourth-order valence-electron chi connectivity index (χ4n) is 1.71. The van der Waals surface area contributed by atoms with Crippen molar-refractivity contribution >= 4 is 17.1 Å². The number of hydrogen-bond donors (Lipinski definition) is 1. The standard InChI is InChI=1S/C13H13N3O3/c1-2-10-3-5-11(6-4-10)14-12-9-15(17)8-7-13(12)16(18)19/h3-9,14H,2H2,1H3. The molecule has 19 heavy (non-hydrogen) atoms. The number of aromatic nitrogens is 1. The average molecular weight is 259 g/mol. The Balaban J connectivity index is 2.31. The molecule has 0 unspecified atom stereocenters. The van der Waals surface area contributed by atoms with Crippen LogP contribution in [0, 0.1) is 15.3 Å². The van der Waals surface area contributed by atoms with Gasteiger partial charge in [0.05, 0.1) is 11.0 Å². The van der Waals surface area contributed by atoms with Crippen molar-refractivity contribution in [3.05, 3.63) is 63.6 Å². The molecule has 0 saturated carbocycles. The molecule has 98 valence electrons. The SMILES string of the molecule is CCc1ccc(Nc2c[n+]([O-])ccc2[N+](=O)[O-])cc1. The molecule has 0 aliphatic carbocycles. The Kier molecular flexibility index (Phi) is 3.61. The van der Waals surface area contributed by atoms with Gasteiger partial charge < -0.3 is 10.5 Å². The van der Waals surface area contributed by atoms with Gasteiger partial charge in [0, 0.05) is 5.69 Å². The fraction of sp³-hybridized carbons (Fsp3) is 0.154. The molecule has 0 radical (unpaired) electrons. The molecule has 2 rings (SSSR count). The lowest BCUT2D eigenvalue weighted by Crippen LogP contribution is -2.25. The first-order valence-corrected chi connectivity index (χ1v) is 5.83. The lowest BCUT2D eigenvalue weighted by molar-refractivity contribution is -0.605. The summed E-state index contributed by atoms with van der Waals surface area (Å²) >= 11 is 0. The minimum Gasteiger partial charge on any atom is -0.619 e. The summed E-state index contributed by atoms with van der Waals surface area (Å²) in [6.07, 6.45) is 3.17. The van der Waals surface area contributed by atoms with Gasteiger partial charge in [-0.1, -0.05) is 19.1 Å². The van der Waals surface area contributed by atoms with Crippen LogP contribution in [-0.4, -0.2) is 4.92 Å². The first-order chi connectivity index (χ1) is 9.10. The monoisotopic (exact) mass is 259 g/mol. The zero-order valence-corrected chi connectivity index (χ0v) is 10.4. The summed E-state index contributed by atoms with van der Waals surface area (Å²) in [6, 6.07) is 8.69. The predicted octanol–water partition coefficient (Wildman–Crippen LogP) is 2.53. The van der Waals surface area contributed by atoms with Gasteiger partial charge in [0.15, 0.2) is 11.9 Å². The highest BCUT2D eigenvalue weighted by Crippen LogP contribution is 2.25. The predicted molar refractivity (Wildman–Crippen MR) is 71.2 cm³/mol. The highest BCUT2D eigenvalue weighted by Gasteiger charge is 2.17. The molecule has 0 fully saturated rings. The Morgan fingerprint density at radius 2 is 1.95 bits per heavy atom. The Bertz CT molecular complexity index is 597. The van der Waals surface area contributed by atoms with Crippen LogP contribution in [-0.2, 0) is 6.42 Å². The van der Waals surface area contributed by atoms with Crippen molar-refractivity contribution in [3.8, 4) is 0 Å². The molecule has 1 aromatic heterocycles. The van der Waals surface area contributed by atoms with Gasteiger partial charge in [-0.25, -0.2) is 0 Å². The molecule has 1 N–H and O–H groups in total. The minimum atomic E-state index is -0.525. The zero-order valence-electron chi connectivity index (χ0n) is 10.4. The second-order valence-electron chi connectivity index (χ2n) is 4.04. The first-order valence-electron chi connectivity index (χ1n) is 5.83. The van der Waals surface area contributed by atoms with E-state index >= 15 is 0 Å². The van der Waals surface area contributed by atoms with Crippen molar-refractivity contribution in [2.75, 3.05) is 5.32 Å². The molecule has 0 amide bonds. The van der Waals surface area contributed by atoms with Crippen LogP contribution in [0.5, 0.6) is 0 Å². The van der Waals surface area contributed by atoms with Crippen molar-refractivity contribution in [1.29, 1.82) is 0 Å². The van der Waals surface area contributed by atoms with E-state index in [2.05, 4.69) is 5.32 Å². The van der Waals surface area contributed by atoms with Gasteiger partial charge in [0.25, 0.3) is 0 Å². The molecular formula is C13H13N3O3. The van der Waals surface area contributed by atoms with Crippen LogP contribution in [0.2, 0.25) is 0 Å². The molecular weight excluding hydrogens is 246 g/mol. The maximum atomic E-state index is 11.2. The quantitative estimate of drug-likeness (QED) is 0.396. The van der Waals surface area contributed by atoms with Crippen LogP contribution >= 0.6 is 0 Å². The third kappa shape index (κ3) is 2.98. The van der Waals surface area contributed by atoms with Crippen LogP contribution in [0.3, 0.4) is 0 Å². The topological polar surface area (TPSA) is 82.1 Å². The van der Waals surface area contributed by atoms with Crippen LogP contribution in [0.15, 0.2) is 42.7 Å². The second-order valence-corrected chi connectivity index (χ2v) is 4.04. The van der Waals surface area contributed by atoms with Gasteiger partial charge in [0.2, 0.25) is 6.20 Å². The van der Waals surface area contributed by atoms with Gasteiger partial charge >= 0.3 is 5.69 Å². The molecule has 0 spiro atoms. The number of anilines is 2. The van der Waals surface area contributed by atoms with Crippen LogP contribution in [0.1, 0.15) is 12.5 Å². The Hall–Kier alpha value is -2.63. The largest absolute Gasteiger partial charge is 0.619 e. The van der Waals surface area contributed by atoms with E-state index < -0.39 is 4.92 Å². The van der Waals surface area contributed by atoms with E-state index in [0.717, 1.165) is 18.8 Å². The molecule has 0 aliphatic heterocycles. The number of nitrogens with zero attached hydrogens (tertiary/aromatic N) is 2. The van der Waals surface area contributed by atoms with Gasteiger partial charge in [-0.2, -0.15) is 4.73 Å². The lowest BCUT2D eigenvalue weighted by Gasteiger charge is -2.07. The summed E-state index contributed by atoms with van der Waals surface area (Å²) in [5, 5.41) is 25.0. The normalized spacial score (nSPS) is 10.2. The van der Waals surface area contributed by atoms with E-state index in [-0.39, 0.29) is 11.4 Å². The molecule has 6 heteroatoms. The van der Waals surface area contributed by atoms with E-state index in [4.69, 9.17) is 0 Å². The zero-order chi connectivity index (χ0) is 13.8. The molecule has 6 nitrogen and oxygen atoms in total. The molecule has 1 heterocycles. The van der Waals surface area contributed by atoms with Crippen LogP contribution < -0.4 is 10.0 Å². The van der Waals surface area contributed by atoms with Gasteiger partial charge in [-0.3, -0.25) is 10.1 Å². The van der Waals surface area contributed by atoms with Gasteiger partial charge in [-0.15, -0.1) is 0 Å². The van der Waals surface area contributed by atoms with Gasteiger partial charge in [0.1, 0.15) is 0 Å². The van der Waals surface area contributed by atoms with Crippen molar-refractivity contribution in [1.82, 2.24) is 0 Å². The third-order valence-corrected chi connectivity index (χ3v) is 2.75. The third-order valence-electron chi connectivity index (χ3n) is 2.75. The number of pyridine rings is 1. The molecule has 1 aromatic carbocycles. The minimum absolute atomic E-state index is 0.133.